The predicted molar refractivity (Wildman–Crippen MR) is 78.9 cm³/mol. The standard InChI is InChI=1S/C15H30N2O3/c1-4-16-14-5-6-19-10-12(14)7-17-8-13(9-18)20-15(2,3)11-17/h12-14,16,18H,4-11H2,1-3H3. The topological polar surface area (TPSA) is 54.0 Å². The maximum absolute atomic E-state index is 9.39. The summed E-state index contributed by atoms with van der Waals surface area (Å²) >= 11 is 0. The van der Waals surface area contributed by atoms with Crippen LogP contribution in [0.5, 0.6) is 0 Å². The van der Waals surface area contributed by atoms with E-state index in [0.717, 1.165) is 45.8 Å². The molecule has 3 atom stereocenters. The van der Waals surface area contributed by atoms with Crippen molar-refractivity contribution in [2.45, 2.75) is 44.9 Å². The lowest BCUT2D eigenvalue weighted by molar-refractivity contribution is -0.153. The molecule has 2 fully saturated rings. The number of nitrogens with one attached hydrogen (secondary N) is 1. The molecule has 118 valence electrons. The first-order chi connectivity index (χ1) is 9.54. The molecule has 2 heterocycles. The van der Waals surface area contributed by atoms with E-state index in [9.17, 15) is 5.11 Å². The molecule has 3 unspecified atom stereocenters. The Morgan fingerprint density at radius 3 is 2.90 bits per heavy atom. The Kier molecular flexibility index (Phi) is 5.81. The second kappa shape index (κ2) is 7.18. The Labute approximate surface area is 122 Å². The van der Waals surface area contributed by atoms with Crippen molar-refractivity contribution in [3.8, 4) is 0 Å². The largest absolute Gasteiger partial charge is 0.394 e. The molecule has 5 nitrogen and oxygen atoms in total. The molecule has 0 aromatic carbocycles. The van der Waals surface area contributed by atoms with Crippen LogP contribution in [0.25, 0.3) is 0 Å². The average molecular weight is 286 g/mol. The van der Waals surface area contributed by atoms with E-state index in [1.807, 2.05) is 0 Å². The second-order valence-electron chi connectivity index (χ2n) is 6.66. The quantitative estimate of drug-likeness (QED) is 0.769. The first-order valence-corrected chi connectivity index (χ1v) is 7.86. The van der Waals surface area contributed by atoms with Crippen LogP contribution in [0, 0.1) is 5.92 Å². The van der Waals surface area contributed by atoms with Crippen molar-refractivity contribution in [1.29, 1.82) is 0 Å². The van der Waals surface area contributed by atoms with Crippen molar-refractivity contribution in [3.05, 3.63) is 0 Å². The number of aliphatic hydroxyl groups excluding tert-OH is 1. The first kappa shape index (κ1) is 16.2. The third-order valence-electron chi connectivity index (χ3n) is 4.19. The van der Waals surface area contributed by atoms with Gasteiger partial charge in [0.25, 0.3) is 0 Å². The lowest BCUT2D eigenvalue weighted by atomic mass is 9.93. The number of ether oxygens (including phenoxy) is 2. The highest BCUT2D eigenvalue weighted by molar-refractivity contribution is 4.88. The fourth-order valence-corrected chi connectivity index (χ4v) is 3.49. The molecule has 20 heavy (non-hydrogen) atoms. The Hall–Kier alpha value is -0.200. The summed E-state index contributed by atoms with van der Waals surface area (Å²) in [6.45, 7) is 11.9. The Balaban J connectivity index is 1.93. The summed E-state index contributed by atoms with van der Waals surface area (Å²) in [5.41, 5.74) is -0.186. The van der Waals surface area contributed by atoms with Gasteiger partial charge in [0.2, 0.25) is 0 Å². The Morgan fingerprint density at radius 1 is 1.40 bits per heavy atom. The minimum Gasteiger partial charge on any atom is -0.394 e. The van der Waals surface area contributed by atoms with E-state index in [1.54, 1.807) is 0 Å². The monoisotopic (exact) mass is 286 g/mol. The normalized spacial score (nSPS) is 35.1. The maximum atomic E-state index is 9.39. The Bertz CT molecular complexity index is 297. The van der Waals surface area contributed by atoms with E-state index in [1.165, 1.54) is 0 Å². The first-order valence-electron chi connectivity index (χ1n) is 7.86. The third kappa shape index (κ3) is 4.40. The number of nitrogens with zero attached hydrogens (tertiary/aromatic N) is 1. The highest BCUT2D eigenvalue weighted by atomic mass is 16.5. The smallest absolute Gasteiger partial charge is 0.0940 e. The third-order valence-corrected chi connectivity index (χ3v) is 4.19. The van der Waals surface area contributed by atoms with E-state index in [-0.39, 0.29) is 18.3 Å². The van der Waals surface area contributed by atoms with Crippen LogP contribution in [0.1, 0.15) is 27.2 Å². The molecule has 0 aromatic rings. The van der Waals surface area contributed by atoms with Crippen LogP contribution in [0.3, 0.4) is 0 Å². The van der Waals surface area contributed by atoms with Gasteiger partial charge in [-0.25, -0.2) is 0 Å². The Morgan fingerprint density at radius 2 is 2.20 bits per heavy atom. The van der Waals surface area contributed by atoms with Crippen LogP contribution >= 0.6 is 0 Å². The van der Waals surface area contributed by atoms with E-state index in [2.05, 4.69) is 31.0 Å². The molecular formula is C15H30N2O3. The van der Waals surface area contributed by atoms with E-state index in [4.69, 9.17) is 9.47 Å². The molecule has 2 aliphatic rings. The van der Waals surface area contributed by atoms with Gasteiger partial charge in [-0.2, -0.15) is 0 Å². The summed E-state index contributed by atoms with van der Waals surface area (Å²) < 4.78 is 11.5. The lowest BCUT2D eigenvalue weighted by Gasteiger charge is -2.44. The van der Waals surface area contributed by atoms with Crippen LogP contribution in [0.4, 0.5) is 0 Å². The van der Waals surface area contributed by atoms with E-state index >= 15 is 0 Å². The van der Waals surface area contributed by atoms with Crippen LogP contribution in [-0.4, -0.2) is 73.8 Å². The van der Waals surface area contributed by atoms with Crippen molar-refractivity contribution >= 4 is 0 Å². The number of hydrogen-bond donors (Lipinski definition) is 2. The van der Waals surface area contributed by atoms with Crippen LogP contribution in [0.15, 0.2) is 0 Å². The van der Waals surface area contributed by atoms with Gasteiger partial charge in [0, 0.05) is 38.2 Å². The second-order valence-corrected chi connectivity index (χ2v) is 6.66. The summed E-state index contributed by atoms with van der Waals surface area (Å²) in [4.78, 5) is 2.42. The van der Waals surface area contributed by atoms with Crippen molar-refractivity contribution in [2.24, 2.45) is 5.92 Å². The van der Waals surface area contributed by atoms with Crippen molar-refractivity contribution in [2.75, 3.05) is 46.0 Å². The number of morpholine rings is 1. The van der Waals surface area contributed by atoms with Gasteiger partial charge >= 0.3 is 0 Å². The minimum absolute atomic E-state index is 0.0687. The molecule has 2 N–H and O–H groups in total. The number of aliphatic hydroxyl groups is 1. The highest BCUT2D eigenvalue weighted by Gasteiger charge is 2.35. The van der Waals surface area contributed by atoms with Gasteiger partial charge in [0.1, 0.15) is 0 Å². The van der Waals surface area contributed by atoms with Gasteiger partial charge < -0.3 is 19.9 Å². The highest BCUT2D eigenvalue weighted by Crippen LogP contribution is 2.24. The van der Waals surface area contributed by atoms with Gasteiger partial charge in [0.05, 0.1) is 24.9 Å². The molecule has 0 radical (unpaired) electrons. The number of hydrogen-bond acceptors (Lipinski definition) is 5. The van der Waals surface area contributed by atoms with E-state index in [0.29, 0.717) is 12.0 Å². The van der Waals surface area contributed by atoms with Crippen molar-refractivity contribution in [3.63, 3.8) is 0 Å². The molecule has 2 saturated heterocycles. The molecule has 0 amide bonds. The maximum Gasteiger partial charge on any atom is 0.0940 e. The average Bonchev–Trinajstić information content (AvgIpc) is 2.39. The van der Waals surface area contributed by atoms with Crippen LogP contribution in [0.2, 0.25) is 0 Å². The zero-order chi connectivity index (χ0) is 14.6. The fourth-order valence-electron chi connectivity index (χ4n) is 3.49. The summed E-state index contributed by atoms with van der Waals surface area (Å²) in [6.07, 6.45) is 1.02. The zero-order valence-electron chi connectivity index (χ0n) is 13.1. The zero-order valence-corrected chi connectivity index (χ0v) is 13.1. The molecule has 2 rings (SSSR count). The number of rotatable bonds is 5. The molecule has 0 aliphatic carbocycles. The minimum atomic E-state index is -0.186. The van der Waals surface area contributed by atoms with Gasteiger partial charge in [-0.1, -0.05) is 6.92 Å². The van der Waals surface area contributed by atoms with E-state index < -0.39 is 0 Å². The molecule has 5 heteroatoms. The predicted octanol–water partition coefficient (Wildman–Crippen LogP) is 0.473. The van der Waals surface area contributed by atoms with Gasteiger partial charge in [0.15, 0.2) is 0 Å². The summed E-state index contributed by atoms with van der Waals surface area (Å²) in [6, 6.07) is 0.548. The van der Waals surface area contributed by atoms with Crippen molar-refractivity contribution < 1.29 is 14.6 Å². The van der Waals surface area contributed by atoms with Gasteiger partial charge in [-0.3, -0.25) is 4.90 Å². The van der Waals surface area contributed by atoms with Crippen LogP contribution in [-0.2, 0) is 9.47 Å². The molecular weight excluding hydrogens is 256 g/mol. The molecule has 0 bridgehead atoms. The molecule has 2 aliphatic heterocycles. The molecule has 0 spiro atoms. The SMILES string of the molecule is CCNC1CCOCC1CN1CC(CO)OC(C)(C)C1. The molecule has 0 saturated carbocycles. The summed E-state index contributed by atoms with van der Waals surface area (Å²) in [5.74, 6) is 0.525. The van der Waals surface area contributed by atoms with Gasteiger partial charge in [-0.15, -0.1) is 0 Å². The van der Waals surface area contributed by atoms with Crippen molar-refractivity contribution in [1.82, 2.24) is 10.2 Å². The summed E-state index contributed by atoms with van der Waals surface area (Å²) in [5, 5.41) is 13.0. The van der Waals surface area contributed by atoms with Crippen LogP contribution < -0.4 is 5.32 Å². The molecule has 0 aromatic heterocycles. The van der Waals surface area contributed by atoms with Gasteiger partial charge in [-0.05, 0) is 26.8 Å². The fraction of sp³-hybridized carbons (Fsp3) is 1.00. The summed E-state index contributed by atoms with van der Waals surface area (Å²) in [7, 11) is 0. The lowest BCUT2D eigenvalue weighted by Crippen LogP contribution is -2.57.